The fourth-order valence-corrected chi connectivity index (χ4v) is 2.57. The fraction of sp³-hybridized carbons (Fsp3) is 0.364. The molecule has 2 rings (SSSR count). The molecule has 0 saturated carbocycles. The summed E-state index contributed by atoms with van der Waals surface area (Å²) in [7, 11) is 0. The van der Waals surface area contributed by atoms with Crippen molar-refractivity contribution in [3.05, 3.63) is 65.7 Å². The summed E-state index contributed by atoms with van der Waals surface area (Å²) in [6, 6.07) is 16.2. The molecule has 0 radical (unpaired) electrons. The number of hydrogen-bond donors (Lipinski definition) is 0. The average Bonchev–Trinajstić information content (AvgIpc) is 2.69. The van der Waals surface area contributed by atoms with Gasteiger partial charge in [-0.3, -0.25) is 0 Å². The summed E-state index contributed by atoms with van der Waals surface area (Å²) in [5.74, 6) is -0.481. The summed E-state index contributed by atoms with van der Waals surface area (Å²) < 4.78 is 21.8. The van der Waals surface area contributed by atoms with E-state index in [1.54, 1.807) is 45.0 Å². The van der Waals surface area contributed by atoms with Gasteiger partial charge in [0.2, 0.25) is 0 Å². The molecule has 0 N–H and O–H groups in total. The van der Waals surface area contributed by atoms with Gasteiger partial charge in [-0.1, -0.05) is 36.4 Å². The maximum Gasteiger partial charge on any atom is 0.339 e. The third-order valence-corrected chi connectivity index (χ3v) is 3.88. The predicted molar refractivity (Wildman–Crippen MR) is 104 cm³/mol. The van der Waals surface area contributed by atoms with E-state index in [0.717, 1.165) is 5.56 Å². The molecule has 0 aromatic heterocycles. The molecule has 0 aliphatic rings. The molecule has 2 atom stereocenters. The van der Waals surface area contributed by atoms with Gasteiger partial charge in [-0.2, -0.15) is 0 Å². The topological polar surface area (TPSA) is 71.1 Å². The van der Waals surface area contributed by atoms with Crippen molar-refractivity contribution >= 4 is 11.9 Å². The minimum atomic E-state index is -0.911. The first-order valence-corrected chi connectivity index (χ1v) is 9.31. The Hall–Kier alpha value is -2.86. The number of carbonyl (C=O) groups excluding carboxylic acids is 2. The standard InChI is InChI=1S/C22H26O6/c1-4-25-21(23)18-12-9-13-19(14-18)28-16(3)20(22(24)26-5-2)27-15-17-10-7-6-8-11-17/h6-14,16,20H,4-5,15H2,1-3H3. The van der Waals surface area contributed by atoms with Gasteiger partial charge in [0.05, 0.1) is 25.4 Å². The number of carbonyl (C=O) groups is 2. The normalized spacial score (nSPS) is 12.7. The Morgan fingerprint density at radius 3 is 2.32 bits per heavy atom. The molecule has 0 amide bonds. The first kappa shape index (κ1) is 21.4. The Kier molecular flexibility index (Phi) is 8.49. The van der Waals surface area contributed by atoms with Gasteiger partial charge in [-0.15, -0.1) is 0 Å². The Morgan fingerprint density at radius 2 is 1.64 bits per heavy atom. The van der Waals surface area contributed by atoms with Gasteiger partial charge >= 0.3 is 11.9 Å². The fourth-order valence-electron chi connectivity index (χ4n) is 2.57. The molecule has 0 aliphatic heterocycles. The molecule has 0 bridgehead atoms. The lowest BCUT2D eigenvalue weighted by molar-refractivity contribution is -0.163. The van der Waals surface area contributed by atoms with Crippen molar-refractivity contribution in [1.82, 2.24) is 0 Å². The minimum absolute atomic E-state index is 0.245. The van der Waals surface area contributed by atoms with Gasteiger partial charge < -0.3 is 18.9 Å². The highest BCUT2D eigenvalue weighted by Crippen LogP contribution is 2.19. The van der Waals surface area contributed by atoms with E-state index in [2.05, 4.69) is 0 Å². The molecule has 6 heteroatoms. The highest BCUT2D eigenvalue weighted by Gasteiger charge is 2.29. The van der Waals surface area contributed by atoms with Crippen LogP contribution in [0.25, 0.3) is 0 Å². The van der Waals surface area contributed by atoms with Crippen LogP contribution in [-0.4, -0.2) is 37.4 Å². The van der Waals surface area contributed by atoms with E-state index in [0.29, 0.717) is 17.9 Å². The van der Waals surface area contributed by atoms with Crippen molar-refractivity contribution in [3.8, 4) is 5.75 Å². The van der Waals surface area contributed by atoms with Crippen LogP contribution >= 0.6 is 0 Å². The second-order valence-electron chi connectivity index (χ2n) is 6.04. The van der Waals surface area contributed by atoms with E-state index < -0.39 is 24.1 Å². The summed E-state index contributed by atoms with van der Waals surface area (Å²) in [5, 5.41) is 0. The maximum atomic E-state index is 12.4. The number of hydrogen-bond acceptors (Lipinski definition) is 6. The lowest BCUT2D eigenvalue weighted by Gasteiger charge is -2.24. The van der Waals surface area contributed by atoms with Gasteiger partial charge in [0.1, 0.15) is 11.9 Å². The zero-order valence-electron chi connectivity index (χ0n) is 16.4. The molecule has 2 unspecified atom stereocenters. The van der Waals surface area contributed by atoms with Gasteiger partial charge in [-0.05, 0) is 44.5 Å². The maximum absolute atomic E-state index is 12.4. The van der Waals surface area contributed by atoms with Crippen LogP contribution < -0.4 is 4.74 Å². The van der Waals surface area contributed by atoms with Crippen LogP contribution in [-0.2, 0) is 25.6 Å². The minimum Gasteiger partial charge on any atom is -0.487 e. The van der Waals surface area contributed by atoms with Crippen LogP contribution in [0.2, 0.25) is 0 Å². The molecule has 2 aromatic rings. The van der Waals surface area contributed by atoms with E-state index in [1.165, 1.54) is 0 Å². The van der Waals surface area contributed by atoms with Gasteiger partial charge in [0.25, 0.3) is 0 Å². The summed E-state index contributed by atoms with van der Waals surface area (Å²) in [6.07, 6.45) is -1.54. The van der Waals surface area contributed by atoms with Crippen molar-refractivity contribution in [2.75, 3.05) is 13.2 Å². The zero-order chi connectivity index (χ0) is 20.4. The monoisotopic (exact) mass is 386 g/mol. The molecular weight excluding hydrogens is 360 g/mol. The zero-order valence-corrected chi connectivity index (χ0v) is 16.4. The summed E-state index contributed by atoms with van der Waals surface area (Å²) in [5.41, 5.74) is 1.32. The van der Waals surface area contributed by atoms with Crippen LogP contribution in [0, 0.1) is 0 Å². The van der Waals surface area contributed by atoms with Crippen LogP contribution in [0.15, 0.2) is 54.6 Å². The smallest absolute Gasteiger partial charge is 0.339 e. The molecule has 0 fully saturated rings. The molecule has 28 heavy (non-hydrogen) atoms. The quantitative estimate of drug-likeness (QED) is 0.579. The molecule has 2 aromatic carbocycles. The summed E-state index contributed by atoms with van der Waals surface area (Å²) in [4.78, 5) is 24.2. The van der Waals surface area contributed by atoms with Gasteiger partial charge in [0.15, 0.2) is 6.10 Å². The van der Waals surface area contributed by atoms with E-state index >= 15 is 0 Å². The van der Waals surface area contributed by atoms with Crippen molar-refractivity contribution < 1.29 is 28.5 Å². The van der Waals surface area contributed by atoms with Crippen molar-refractivity contribution in [2.45, 2.75) is 39.6 Å². The summed E-state index contributed by atoms with van der Waals surface area (Å²) >= 11 is 0. The Balaban J connectivity index is 2.08. The van der Waals surface area contributed by atoms with Crippen LogP contribution in [0.4, 0.5) is 0 Å². The van der Waals surface area contributed by atoms with E-state index in [1.807, 2.05) is 30.3 Å². The SMILES string of the molecule is CCOC(=O)c1cccc(OC(C)C(OCc2ccccc2)C(=O)OCC)c1. The second kappa shape index (κ2) is 11.1. The lowest BCUT2D eigenvalue weighted by atomic mass is 10.2. The van der Waals surface area contributed by atoms with Crippen LogP contribution in [0.3, 0.4) is 0 Å². The van der Waals surface area contributed by atoms with Crippen molar-refractivity contribution in [2.24, 2.45) is 0 Å². The lowest BCUT2D eigenvalue weighted by Crippen LogP contribution is -2.39. The number of rotatable bonds is 10. The van der Waals surface area contributed by atoms with Crippen LogP contribution in [0.5, 0.6) is 5.75 Å². The largest absolute Gasteiger partial charge is 0.487 e. The van der Waals surface area contributed by atoms with E-state index in [-0.39, 0.29) is 13.2 Å². The molecule has 0 aliphatic carbocycles. The van der Waals surface area contributed by atoms with Crippen LogP contribution in [0.1, 0.15) is 36.7 Å². The molecule has 150 valence electrons. The molecule has 0 spiro atoms. The Morgan fingerprint density at radius 1 is 0.929 bits per heavy atom. The average molecular weight is 386 g/mol. The predicted octanol–water partition coefficient (Wildman–Crippen LogP) is 3.78. The number of esters is 2. The van der Waals surface area contributed by atoms with E-state index in [4.69, 9.17) is 18.9 Å². The number of ether oxygens (including phenoxy) is 4. The van der Waals surface area contributed by atoms with E-state index in [9.17, 15) is 9.59 Å². The molecule has 0 heterocycles. The summed E-state index contributed by atoms with van der Waals surface area (Å²) in [6.45, 7) is 5.99. The Bertz CT molecular complexity index is 759. The molecule has 0 saturated heterocycles. The third kappa shape index (κ3) is 6.39. The van der Waals surface area contributed by atoms with Gasteiger partial charge in [0, 0.05) is 0 Å². The van der Waals surface area contributed by atoms with Crippen molar-refractivity contribution in [1.29, 1.82) is 0 Å². The van der Waals surface area contributed by atoms with Gasteiger partial charge in [-0.25, -0.2) is 9.59 Å². The first-order valence-electron chi connectivity index (χ1n) is 9.31. The first-order chi connectivity index (χ1) is 13.5. The second-order valence-corrected chi connectivity index (χ2v) is 6.04. The highest BCUT2D eigenvalue weighted by atomic mass is 16.6. The third-order valence-electron chi connectivity index (χ3n) is 3.88. The highest BCUT2D eigenvalue weighted by molar-refractivity contribution is 5.89. The molecule has 6 nitrogen and oxygen atoms in total. The number of benzene rings is 2. The van der Waals surface area contributed by atoms with Crippen molar-refractivity contribution in [3.63, 3.8) is 0 Å². The molecular formula is C22H26O6. The Labute approximate surface area is 165 Å².